The zero-order valence-electron chi connectivity index (χ0n) is 9.21. The van der Waals surface area contributed by atoms with E-state index in [0.717, 1.165) is 19.3 Å². The zero-order valence-corrected chi connectivity index (χ0v) is 9.21. The fourth-order valence-corrected chi connectivity index (χ4v) is 2.78. The van der Waals surface area contributed by atoms with Crippen molar-refractivity contribution in [3.63, 3.8) is 0 Å². The van der Waals surface area contributed by atoms with E-state index in [0.29, 0.717) is 18.3 Å². The van der Waals surface area contributed by atoms with E-state index in [-0.39, 0.29) is 11.5 Å². The molecule has 2 unspecified atom stereocenters. The summed E-state index contributed by atoms with van der Waals surface area (Å²) in [5, 5.41) is 0. The highest BCUT2D eigenvalue weighted by Crippen LogP contribution is 2.52. The number of Topliss-reactive ketones (excluding diaryl/α,β-unsaturated/α-hetero) is 1. The molecule has 14 heavy (non-hydrogen) atoms. The molecule has 2 saturated carbocycles. The topological polar surface area (TPSA) is 26.3 Å². The molecule has 2 fully saturated rings. The molecule has 0 aliphatic heterocycles. The lowest BCUT2D eigenvalue weighted by Crippen LogP contribution is -2.54. The summed E-state index contributed by atoms with van der Waals surface area (Å²) >= 11 is 0. The first kappa shape index (κ1) is 10.2. The van der Waals surface area contributed by atoms with Crippen LogP contribution in [0.3, 0.4) is 0 Å². The number of hydrogen-bond acceptors (Lipinski definition) is 2. The second-order valence-corrected chi connectivity index (χ2v) is 4.83. The summed E-state index contributed by atoms with van der Waals surface area (Å²) in [6.45, 7) is 4.23. The van der Waals surface area contributed by atoms with E-state index < -0.39 is 0 Å². The highest BCUT2D eigenvalue weighted by Gasteiger charge is 2.56. The van der Waals surface area contributed by atoms with Crippen LogP contribution in [-0.4, -0.2) is 18.0 Å². The molecule has 2 nitrogen and oxygen atoms in total. The van der Waals surface area contributed by atoms with Crippen molar-refractivity contribution in [2.24, 2.45) is 5.41 Å². The Hall–Kier alpha value is -0.370. The lowest BCUT2D eigenvalue weighted by Gasteiger charge is -2.46. The molecule has 2 aliphatic rings. The van der Waals surface area contributed by atoms with Crippen molar-refractivity contribution in [2.75, 3.05) is 0 Å². The summed E-state index contributed by atoms with van der Waals surface area (Å²) in [7, 11) is 0. The SMILES string of the molecule is CCC(C)OC1CC(=O)C12CCCC2. The Morgan fingerprint density at radius 3 is 2.64 bits per heavy atom. The maximum Gasteiger partial charge on any atom is 0.144 e. The van der Waals surface area contributed by atoms with Gasteiger partial charge >= 0.3 is 0 Å². The molecule has 2 rings (SSSR count). The van der Waals surface area contributed by atoms with E-state index in [9.17, 15) is 4.79 Å². The molecule has 0 N–H and O–H groups in total. The molecular formula is C12H20O2. The smallest absolute Gasteiger partial charge is 0.144 e. The molecule has 0 heterocycles. The van der Waals surface area contributed by atoms with Crippen molar-refractivity contribution in [2.45, 2.75) is 64.6 Å². The van der Waals surface area contributed by atoms with Gasteiger partial charge in [0.25, 0.3) is 0 Å². The van der Waals surface area contributed by atoms with Crippen molar-refractivity contribution in [3.05, 3.63) is 0 Å². The van der Waals surface area contributed by atoms with Crippen LogP contribution in [0.15, 0.2) is 0 Å². The summed E-state index contributed by atoms with van der Waals surface area (Å²) in [6.07, 6.45) is 6.85. The van der Waals surface area contributed by atoms with Gasteiger partial charge in [-0.2, -0.15) is 0 Å². The molecule has 2 aliphatic carbocycles. The molecule has 0 aromatic carbocycles. The van der Waals surface area contributed by atoms with Crippen LogP contribution in [0, 0.1) is 5.41 Å². The summed E-state index contributed by atoms with van der Waals surface area (Å²) < 4.78 is 5.92. The van der Waals surface area contributed by atoms with Crippen LogP contribution >= 0.6 is 0 Å². The molecule has 0 bridgehead atoms. The Labute approximate surface area is 86.0 Å². The van der Waals surface area contributed by atoms with Crippen molar-refractivity contribution in [3.8, 4) is 0 Å². The summed E-state index contributed by atoms with van der Waals surface area (Å²) in [5.41, 5.74) is -0.0383. The Morgan fingerprint density at radius 1 is 1.50 bits per heavy atom. The van der Waals surface area contributed by atoms with Gasteiger partial charge in [-0.25, -0.2) is 0 Å². The minimum absolute atomic E-state index is 0.0383. The minimum atomic E-state index is -0.0383. The molecular weight excluding hydrogens is 176 g/mol. The third-order valence-corrected chi connectivity index (χ3v) is 4.01. The highest BCUT2D eigenvalue weighted by atomic mass is 16.5. The van der Waals surface area contributed by atoms with Crippen LogP contribution in [0.4, 0.5) is 0 Å². The third-order valence-electron chi connectivity index (χ3n) is 4.01. The van der Waals surface area contributed by atoms with E-state index >= 15 is 0 Å². The maximum atomic E-state index is 11.7. The van der Waals surface area contributed by atoms with Crippen molar-refractivity contribution >= 4 is 5.78 Å². The average Bonchev–Trinajstić information content (AvgIpc) is 2.68. The number of carbonyl (C=O) groups is 1. The molecule has 0 amide bonds. The fraction of sp³-hybridized carbons (Fsp3) is 0.917. The Kier molecular flexibility index (Phi) is 2.65. The van der Waals surface area contributed by atoms with Gasteiger partial charge in [0.1, 0.15) is 5.78 Å². The van der Waals surface area contributed by atoms with Gasteiger partial charge in [-0.1, -0.05) is 19.8 Å². The van der Waals surface area contributed by atoms with Gasteiger partial charge < -0.3 is 4.74 Å². The molecule has 1 spiro atoms. The first-order chi connectivity index (χ1) is 6.69. The van der Waals surface area contributed by atoms with Crippen molar-refractivity contribution < 1.29 is 9.53 Å². The molecule has 0 aromatic heterocycles. The number of rotatable bonds is 3. The van der Waals surface area contributed by atoms with Gasteiger partial charge in [0, 0.05) is 6.42 Å². The highest BCUT2D eigenvalue weighted by molar-refractivity contribution is 5.92. The normalized spacial score (nSPS) is 31.9. The predicted octanol–water partition coefficient (Wildman–Crippen LogP) is 2.70. The molecule has 2 heteroatoms. The van der Waals surface area contributed by atoms with E-state index in [1.165, 1.54) is 12.8 Å². The largest absolute Gasteiger partial charge is 0.374 e. The van der Waals surface area contributed by atoms with Crippen LogP contribution in [0.5, 0.6) is 0 Å². The van der Waals surface area contributed by atoms with Crippen LogP contribution in [-0.2, 0) is 9.53 Å². The first-order valence-electron chi connectivity index (χ1n) is 5.88. The predicted molar refractivity (Wildman–Crippen MR) is 55.2 cm³/mol. The summed E-state index contributed by atoms with van der Waals surface area (Å²) in [4.78, 5) is 11.7. The van der Waals surface area contributed by atoms with Gasteiger partial charge in [-0.05, 0) is 26.2 Å². The first-order valence-corrected chi connectivity index (χ1v) is 5.88. The maximum absolute atomic E-state index is 11.7. The van der Waals surface area contributed by atoms with E-state index in [2.05, 4.69) is 13.8 Å². The van der Waals surface area contributed by atoms with E-state index in [1.54, 1.807) is 0 Å². The monoisotopic (exact) mass is 196 g/mol. The minimum Gasteiger partial charge on any atom is -0.374 e. The second kappa shape index (κ2) is 3.65. The number of ether oxygens (including phenoxy) is 1. The zero-order chi connectivity index (χ0) is 10.2. The van der Waals surface area contributed by atoms with Crippen LogP contribution in [0.25, 0.3) is 0 Å². The lowest BCUT2D eigenvalue weighted by atomic mass is 9.63. The molecule has 80 valence electrons. The lowest BCUT2D eigenvalue weighted by molar-refractivity contribution is -0.169. The quantitative estimate of drug-likeness (QED) is 0.693. The van der Waals surface area contributed by atoms with Gasteiger partial charge in [0.05, 0.1) is 17.6 Å². The van der Waals surface area contributed by atoms with E-state index in [4.69, 9.17) is 4.74 Å². The van der Waals surface area contributed by atoms with Gasteiger partial charge in [-0.15, -0.1) is 0 Å². The third kappa shape index (κ3) is 1.40. The Balaban J connectivity index is 1.97. The average molecular weight is 196 g/mol. The molecule has 0 saturated heterocycles. The number of ketones is 1. The molecule has 0 radical (unpaired) electrons. The second-order valence-electron chi connectivity index (χ2n) is 4.83. The van der Waals surface area contributed by atoms with Crippen LogP contribution < -0.4 is 0 Å². The van der Waals surface area contributed by atoms with Gasteiger partial charge in [0.2, 0.25) is 0 Å². The van der Waals surface area contributed by atoms with Gasteiger partial charge in [-0.3, -0.25) is 4.79 Å². The standard InChI is InChI=1S/C12H20O2/c1-3-9(2)14-11-8-10(13)12(11)6-4-5-7-12/h9,11H,3-8H2,1-2H3. The molecule has 2 atom stereocenters. The van der Waals surface area contributed by atoms with Crippen LogP contribution in [0.2, 0.25) is 0 Å². The van der Waals surface area contributed by atoms with Crippen molar-refractivity contribution in [1.29, 1.82) is 0 Å². The summed E-state index contributed by atoms with van der Waals surface area (Å²) in [5.74, 6) is 0.461. The Bertz CT molecular complexity index is 228. The molecule has 0 aromatic rings. The number of hydrogen-bond donors (Lipinski definition) is 0. The van der Waals surface area contributed by atoms with Crippen molar-refractivity contribution in [1.82, 2.24) is 0 Å². The Morgan fingerprint density at radius 2 is 2.14 bits per heavy atom. The van der Waals surface area contributed by atoms with Gasteiger partial charge in [0.15, 0.2) is 0 Å². The fourth-order valence-electron chi connectivity index (χ4n) is 2.78. The summed E-state index contributed by atoms with van der Waals surface area (Å²) in [6, 6.07) is 0. The number of carbonyl (C=O) groups excluding carboxylic acids is 1. The van der Waals surface area contributed by atoms with E-state index in [1.807, 2.05) is 0 Å². The van der Waals surface area contributed by atoms with Crippen LogP contribution in [0.1, 0.15) is 52.4 Å².